The van der Waals surface area contributed by atoms with Crippen LogP contribution in [0.2, 0.25) is 0 Å². The number of rotatable bonds is 5. The van der Waals surface area contributed by atoms with Crippen molar-refractivity contribution in [2.45, 2.75) is 25.7 Å². The van der Waals surface area contributed by atoms with Crippen molar-refractivity contribution in [2.75, 3.05) is 78.8 Å². The number of aliphatic imine (C=N–C) groups is 2. The number of ether oxygens (including phenoxy) is 4. The quantitative estimate of drug-likeness (QED) is 0.174. The molecule has 0 bridgehead atoms. The Morgan fingerprint density at radius 1 is 0.758 bits per heavy atom. The number of hydrogen-bond donors (Lipinski definition) is 2. The number of halogens is 3. The number of hydrazine groups is 2. The monoisotopic (exact) mass is 1110 g/mol. The molecule has 66 heavy (non-hydrogen) atoms. The summed E-state index contributed by atoms with van der Waals surface area (Å²) in [5.74, 6) is -1.16. The Bertz CT molecular complexity index is 2250. The number of amides is 3. The molecule has 2 aromatic rings. The van der Waals surface area contributed by atoms with Crippen molar-refractivity contribution in [2.24, 2.45) is 9.98 Å². The summed E-state index contributed by atoms with van der Waals surface area (Å²) in [5, 5.41) is 5.27. The zero-order chi connectivity index (χ0) is 46.0. The molecule has 0 saturated carbocycles. The van der Waals surface area contributed by atoms with E-state index in [0.29, 0.717) is 78.8 Å². The molecule has 2 N–H and O–H groups in total. The third kappa shape index (κ3) is 16.9. The maximum absolute atomic E-state index is 13.8. The van der Waals surface area contributed by atoms with Gasteiger partial charge in [-0.3, -0.25) is 14.8 Å². The van der Waals surface area contributed by atoms with Crippen molar-refractivity contribution >= 4 is 158 Å². The molecule has 0 unspecified atom stereocenters. The molecular weight excluding hydrogens is 1070 g/mol. The predicted molar refractivity (Wildman–Crippen MR) is 279 cm³/mol. The zero-order valence-electron chi connectivity index (χ0n) is 34.8. The lowest BCUT2D eigenvalue weighted by Gasteiger charge is -2.28. The standard InChI is InChI=1S/C19H21FN4O4S.C19H21FN4O3S2.ClH.P2S5/c20-14-4-3-13(15(12-14)28-19(26)23-7-9-27-10-8-23)11-16-17(25)22-18(29-16)24-6-2-1-5-21-24;20-14-4-3-13(15(12-14)27-19(25)23-7-9-26-10-8-23)11-16-17(28)22-18(29-16)24-6-2-1-5-21-24;;3-1-2-5-7-6-4/h2*3-4,11-12,21H,1-2,5-10H2;1H;/b2*16-11-;;. The molecule has 15 nitrogen and oxygen atoms in total. The fourth-order valence-corrected chi connectivity index (χ4v) is 18.0. The number of carbonyl (C=O) groups excluding carboxylic acids is 3. The largest absolute Gasteiger partial charge is 0.415 e. The van der Waals surface area contributed by atoms with Crippen LogP contribution in [0, 0.1) is 11.6 Å². The van der Waals surface area contributed by atoms with Gasteiger partial charge in [-0.2, -0.15) is 4.99 Å². The summed E-state index contributed by atoms with van der Waals surface area (Å²) in [6.45, 7) is 6.93. The van der Waals surface area contributed by atoms with Crippen molar-refractivity contribution in [3.63, 3.8) is 0 Å². The van der Waals surface area contributed by atoms with E-state index in [9.17, 15) is 23.2 Å². The molecule has 6 aliphatic heterocycles. The topological polar surface area (TPSA) is 150 Å². The normalized spacial score (nSPS) is 19.8. The summed E-state index contributed by atoms with van der Waals surface area (Å²) in [6.07, 6.45) is 6.61. The van der Waals surface area contributed by atoms with Gasteiger partial charge in [-0.1, -0.05) is 12.2 Å². The average molecular weight is 1120 g/mol. The Labute approximate surface area is 422 Å². The molecule has 6 aliphatic rings. The molecule has 4 saturated heterocycles. The smallest absolute Gasteiger partial charge is 0.409 e. The Kier molecular flexibility index (Phi) is 23.9. The summed E-state index contributed by atoms with van der Waals surface area (Å²) in [6, 6.07) is 8.00. The van der Waals surface area contributed by atoms with Crippen LogP contribution in [0.5, 0.6) is 11.5 Å². The molecule has 4 fully saturated rings. The Morgan fingerprint density at radius 2 is 1.24 bits per heavy atom. The van der Waals surface area contributed by atoms with E-state index < -0.39 is 23.8 Å². The first-order valence-electron chi connectivity index (χ1n) is 20.0. The van der Waals surface area contributed by atoms with Gasteiger partial charge in [0, 0.05) is 89.7 Å². The highest BCUT2D eigenvalue weighted by Gasteiger charge is 2.29. The summed E-state index contributed by atoms with van der Waals surface area (Å²) in [5.41, 5.74) is 7.53. The molecular formula is C38H43ClF2N8O7P2S8. The van der Waals surface area contributed by atoms with Gasteiger partial charge >= 0.3 is 12.2 Å². The van der Waals surface area contributed by atoms with Gasteiger partial charge < -0.3 is 28.7 Å². The maximum Gasteiger partial charge on any atom is 0.415 e. The van der Waals surface area contributed by atoms with E-state index in [1.165, 1.54) is 68.6 Å². The fourth-order valence-electron chi connectivity index (χ4n) is 6.29. The van der Waals surface area contributed by atoms with E-state index in [0.717, 1.165) is 75.0 Å². The number of morpholine rings is 2. The molecule has 6 heterocycles. The molecule has 2 aromatic carbocycles. The Hall–Kier alpha value is -2.45. The molecule has 3 amide bonds. The van der Waals surface area contributed by atoms with Crippen LogP contribution in [0.4, 0.5) is 18.4 Å². The lowest BCUT2D eigenvalue weighted by Crippen LogP contribution is -2.45. The van der Waals surface area contributed by atoms with Crippen LogP contribution in [0.1, 0.15) is 36.8 Å². The van der Waals surface area contributed by atoms with Crippen LogP contribution < -0.4 is 20.3 Å². The van der Waals surface area contributed by atoms with Crippen LogP contribution in [-0.4, -0.2) is 132 Å². The third-order valence-corrected chi connectivity index (χ3v) is 21.9. The lowest BCUT2D eigenvalue weighted by atomic mass is 10.2. The van der Waals surface area contributed by atoms with Crippen LogP contribution >= 0.6 is 62.2 Å². The molecule has 0 radical (unpaired) electrons. The molecule has 356 valence electrons. The van der Waals surface area contributed by atoms with Crippen LogP contribution in [-0.2, 0) is 64.5 Å². The van der Waals surface area contributed by atoms with Crippen molar-refractivity contribution in [3.8, 4) is 11.5 Å². The van der Waals surface area contributed by atoms with E-state index in [-0.39, 0.29) is 29.8 Å². The van der Waals surface area contributed by atoms with E-state index in [1.807, 2.05) is 10.0 Å². The van der Waals surface area contributed by atoms with Gasteiger partial charge in [0.1, 0.15) is 28.1 Å². The highest BCUT2D eigenvalue weighted by atomic mass is 35.5. The Morgan fingerprint density at radius 3 is 1.71 bits per heavy atom. The average Bonchev–Trinajstić information content (AvgIpc) is 3.90. The lowest BCUT2D eigenvalue weighted by molar-refractivity contribution is -0.113. The summed E-state index contributed by atoms with van der Waals surface area (Å²) < 4.78 is 49.0. The van der Waals surface area contributed by atoms with Gasteiger partial charge in [-0.05, 0) is 136 Å². The zero-order valence-corrected chi connectivity index (χ0v) is 43.9. The van der Waals surface area contributed by atoms with Gasteiger partial charge in [0.25, 0.3) is 5.91 Å². The molecule has 0 aliphatic carbocycles. The molecule has 8 rings (SSSR count). The number of hydrogen-bond acceptors (Lipinski definition) is 16. The van der Waals surface area contributed by atoms with Gasteiger partial charge in [0.15, 0.2) is 10.3 Å². The first-order chi connectivity index (χ1) is 31.6. The molecule has 0 aromatic heterocycles. The second-order valence-electron chi connectivity index (χ2n) is 13.8. The summed E-state index contributed by atoms with van der Waals surface area (Å²) in [7, 11) is 6.83. The van der Waals surface area contributed by atoms with E-state index in [4.69, 9.17) is 31.2 Å². The molecule has 28 heteroatoms. The van der Waals surface area contributed by atoms with Gasteiger partial charge in [-0.25, -0.2) is 34.2 Å². The first kappa shape index (κ1) is 54.5. The van der Waals surface area contributed by atoms with Crippen LogP contribution in [0.3, 0.4) is 0 Å². The number of thiocarbonyl (C=S) groups is 1. The molecule has 0 spiro atoms. The van der Waals surface area contributed by atoms with E-state index in [2.05, 4.69) is 43.8 Å². The van der Waals surface area contributed by atoms with Crippen molar-refractivity contribution in [3.05, 3.63) is 69.0 Å². The van der Waals surface area contributed by atoms with Gasteiger partial charge in [0.05, 0.1) is 36.2 Å². The second kappa shape index (κ2) is 28.9. The summed E-state index contributed by atoms with van der Waals surface area (Å²) in [4.78, 5) is 50.4. The first-order valence-corrected chi connectivity index (χ1v) is 30.6. The fraction of sp³-hybridized carbons (Fsp3) is 0.421. The Balaban J connectivity index is 0.000000214. The van der Waals surface area contributed by atoms with E-state index in [1.54, 1.807) is 41.5 Å². The summed E-state index contributed by atoms with van der Waals surface area (Å²) >= 11 is 17.3. The minimum Gasteiger partial charge on any atom is -0.409 e. The molecule has 0 atom stereocenters. The third-order valence-electron chi connectivity index (χ3n) is 9.48. The number of nitrogens with one attached hydrogen (secondary N) is 2. The predicted octanol–water partition coefficient (Wildman–Crippen LogP) is 7.39. The van der Waals surface area contributed by atoms with Crippen LogP contribution in [0.25, 0.3) is 12.2 Å². The van der Waals surface area contributed by atoms with Gasteiger partial charge in [-0.15, -0.1) is 12.4 Å². The number of carbonyl (C=O) groups is 3. The minimum atomic E-state index is -0.571. The number of nitrogens with zero attached hydrogens (tertiary/aromatic N) is 6. The van der Waals surface area contributed by atoms with Gasteiger partial charge in [0.2, 0.25) is 0 Å². The highest BCUT2D eigenvalue weighted by molar-refractivity contribution is 8.63. The minimum absolute atomic E-state index is 0. The van der Waals surface area contributed by atoms with Crippen molar-refractivity contribution in [1.82, 2.24) is 30.7 Å². The number of thioether (sulfide) groups is 2. The SMILES string of the molecule is Cl.O=C(Oc1cc(F)ccc1/C=C1\SC(N2CCCCN2)=NC1=S)N1CCOCC1.O=C1N=C(N2CCCCN2)S/C1=C\c1ccc(F)cc1OC(=O)N1CCOCC1.S=PP=S=S=S=S. The van der Waals surface area contributed by atoms with Crippen molar-refractivity contribution in [1.29, 1.82) is 0 Å². The maximum atomic E-state index is 13.8. The van der Waals surface area contributed by atoms with Crippen molar-refractivity contribution < 1.29 is 42.1 Å². The highest BCUT2D eigenvalue weighted by Crippen LogP contribution is 2.35. The second-order valence-corrected chi connectivity index (χ2v) is 26.0. The van der Waals surface area contributed by atoms with E-state index >= 15 is 0 Å². The van der Waals surface area contributed by atoms with Crippen LogP contribution in [0.15, 0.2) is 56.2 Å². The number of amidine groups is 2. The number of benzene rings is 2.